The number of rotatable bonds is 4. The van der Waals surface area contributed by atoms with E-state index in [-0.39, 0.29) is 11.9 Å². The summed E-state index contributed by atoms with van der Waals surface area (Å²) in [5.41, 5.74) is 2.10. The fourth-order valence-corrected chi connectivity index (χ4v) is 2.60. The second kappa shape index (κ2) is 6.61. The molecule has 0 bridgehead atoms. The van der Waals surface area contributed by atoms with Crippen molar-refractivity contribution in [2.45, 2.75) is 26.3 Å². The zero-order valence-corrected chi connectivity index (χ0v) is 13.5. The molecule has 0 unspecified atom stereocenters. The van der Waals surface area contributed by atoms with E-state index < -0.39 is 0 Å². The van der Waals surface area contributed by atoms with Gasteiger partial charge in [0.1, 0.15) is 0 Å². The van der Waals surface area contributed by atoms with Gasteiger partial charge >= 0.3 is 0 Å². The van der Waals surface area contributed by atoms with Gasteiger partial charge in [-0.25, -0.2) is 0 Å². The van der Waals surface area contributed by atoms with Crippen LogP contribution in [0.3, 0.4) is 0 Å². The summed E-state index contributed by atoms with van der Waals surface area (Å²) in [7, 11) is 0. The van der Waals surface area contributed by atoms with Crippen molar-refractivity contribution in [3.8, 4) is 0 Å². The monoisotopic (exact) mass is 305 g/mol. The van der Waals surface area contributed by atoms with E-state index in [1.807, 2.05) is 66.3 Å². The second-order valence-corrected chi connectivity index (χ2v) is 5.74. The molecular formula is C20H21N2O+. The zero-order valence-electron chi connectivity index (χ0n) is 13.5. The van der Waals surface area contributed by atoms with Crippen LogP contribution >= 0.6 is 0 Å². The summed E-state index contributed by atoms with van der Waals surface area (Å²) in [6.07, 6.45) is 4.96. The van der Waals surface area contributed by atoms with Crippen LogP contribution < -0.4 is 9.88 Å². The fraction of sp³-hybridized carbons (Fsp3) is 0.200. The van der Waals surface area contributed by atoms with Gasteiger partial charge in [-0.1, -0.05) is 37.3 Å². The van der Waals surface area contributed by atoms with Crippen molar-refractivity contribution in [2.75, 3.05) is 5.32 Å². The minimum Gasteiger partial charge on any atom is -0.320 e. The van der Waals surface area contributed by atoms with E-state index in [0.717, 1.165) is 17.5 Å². The van der Waals surface area contributed by atoms with Gasteiger partial charge in [0.15, 0.2) is 12.4 Å². The Hall–Kier alpha value is -2.68. The van der Waals surface area contributed by atoms with Crippen molar-refractivity contribution >= 4 is 22.4 Å². The lowest BCUT2D eigenvalue weighted by atomic mass is 10.1. The maximum Gasteiger partial charge on any atom is 0.293 e. The number of hydrogen-bond acceptors (Lipinski definition) is 1. The molecule has 1 aromatic heterocycles. The number of fused-ring (bicyclic) bond motifs is 1. The molecule has 116 valence electrons. The number of aromatic nitrogens is 1. The number of carbonyl (C=O) groups is 1. The summed E-state index contributed by atoms with van der Waals surface area (Å²) in [6, 6.07) is 17.9. The Kier molecular flexibility index (Phi) is 4.38. The minimum atomic E-state index is -0.273. The first-order valence-corrected chi connectivity index (χ1v) is 7.96. The first kappa shape index (κ1) is 15.2. The summed E-state index contributed by atoms with van der Waals surface area (Å²) in [5.74, 6) is -0.0190. The lowest BCUT2D eigenvalue weighted by molar-refractivity contribution is -0.704. The predicted octanol–water partition coefficient (Wildman–Crippen LogP) is 3.89. The van der Waals surface area contributed by atoms with E-state index in [0.29, 0.717) is 0 Å². The van der Waals surface area contributed by atoms with Gasteiger partial charge in [0.2, 0.25) is 6.04 Å². The van der Waals surface area contributed by atoms with E-state index in [9.17, 15) is 4.79 Å². The Morgan fingerprint density at radius 3 is 2.43 bits per heavy atom. The molecule has 2 aromatic carbocycles. The molecule has 23 heavy (non-hydrogen) atoms. The Morgan fingerprint density at radius 1 is 1.04 bits per heavy atom. The molecular weight excluding hydrogens is 284 g/mol. The molecule has 0 saturated heterocycles. The Balaban J connectivity index is 1.77. The smallest absolute Gasteiger partial charge is 0.293 e. The molecule has 3 aromatic rings. The molecule has 0 aliphatic carbocycles. The van der Waals surface area contributed by atoms with Crippen LogP contribution in [-0.4, -0.2) is 5.91 Å². The predicted molar refractivity (Wildman–Crippen MR) is 93.3 cm³/mol. The molecule has 0 saturated carbocycles. The Morgan fingerprint density at radius 2 is 1.74 bits per heavy atom. The maximum absolute atomic E-state index is 12.5. The van der Waals surface area contributed by atoms with E-state index in [1.54, 1.807) is 0 Å². The number of benzene rings is 2. The van der Waals surface area contributed by atoms with Gasteiger partial charge in [0.05, 0.1) is 0 Å². The van der Waals surface area contributed by atoms with Crippen LogP contribution in [0.2, 0.25) is 0 Å². The summed E-state index contributed by atoms with van der Waals surface area (Å²) in [6.45, 7) is 4.02. The van der Waals surface area contributed by atoms with Crippen LogP contribution in [0.1, 0.15) is 25.5 Å². The highest BCUT2D eigenvalue weighted by Gasteiger charge is 2.22. The number of nitrogens with one attached hydrogen (secondary N) is 1. The lowest BCUT2D eigenvalue weighted by Gasteiger charge is -2.09. The molecule has 1 atom stereocenters. The van der Waals surface area contributed by atoms with Gasteiger partial charge < -0.3 is 5.32 Å². The van der Waals surface area contributed by atoms with E-state index in [2.05, 4.69) is 24.4 Å². The largest absolute Gasteiger partial charge is 0.320 e. The third-order valence-corrected chi connectivity index (χ3v) is 4.17. The first-order valence-electron chi connectivity index (χ1n) is 7.96. The number of anilines is 1. The van der Waals surface area contributed by atoms with Gasteiger partial charge in [-0.2, -0.15) is 4.57 Å². The molecule has 3 heteroatoms. The summed E-state index contributed by atoms with van der Waals surface area (Å²) in [5, 5.41) is 5.28. The van der Waals surface area contributed by atoms with Crippen LogP contribution in [0.25, 0.3) is 10.8 Å². The van der Waals surface area contributed by atoms with Crippen LogP contribution in [0, 0.1) is 0 Å². The summed E-state index contributed by atoms with van der Waals surface area (Å²) in [4.78, 5) is 12.5. The Bertz CT molecular complexity index is 824. The number of nitrogens with zero attached hydrogens (tertiary/aromatic N) is 1. The fourth-order valence-electron chi connectivity index (χ4n) is 2.60. The number of aryl methyl sites for hydroxylation is 1. The molecule has 3 nitrogen and oxygen atoms in total. The van der Waals surface area contributed by atoms with Gasteiger partial charge in [0, 0.05) is 24.1 Å². The van der Waals surface area contributed by atoms with Crippen LogP contribution in [0.5, 0.6) is 0 Å². The van der Waals surface area contributed by atoms with Gasteiger partial charge in [-0.15, -0.1) is 0 Å². The van der Waals surface area contributed by atoms with Crippen molar-refractivity contribution in [2.24, 2.45) is 0 Å². The first-order chi connectivity index (χ1) is 11.2. The average molecular weight is 305 g/mol. The third-order valence-electron chi connectivity index (χ3n) is 4.17. The van der Waals surface area contributed by atoms with E-state index in [1.165, 1.54) is 10.9 Å². The standard InChI is InChI=1S/C20H20N2O/c1-3-16-8-10-19(11-9-16)21-20(23)15(2)22-13-12-17-6-4-5-7-18(17)14-22/h4-15H,3H2,1-2H3/p+1/t15-/m0/s1. The molecule has 1 N–H and O–H groups in total. The van der Waals surface area contributed by atoms with Gasteiger partial charge in [-0.3, -0.25) is 4.79 Å². The number of carbonyl (C=O) groups excluding carboxylic acids is 1. The van der Waals surface area contributed by atoms with Crippen LogP contribution in [-0.2, 0) is 11.2 Å². The maximum atomic E-state index is 12.5. The zero-order chi connectivity index (χ0) is 16.2. The van der Waals surface area contributed by atoms with Crippen molar-refractivity contribution in [3.05, 3.63) is 72.6 Å². The topological polar surface area (TPSA) is 33.0 Å². The number of pyridine rings is 1. The minimum absolute atomic E-state index is 0.0190. The highest BCUT2D eigenvalue weighted by molar-refractivity contribution is 5.92. The molecule has 1 heterocycles. The Labute approximate surface area is 136 Å². The summed E-state index contributed by atoms with van der Waals surface area (Å²) >= 11 is 0. The molecule has 1 amide bonds. The molecule has 0 radical (unpaired) electrons. The van der Waals surface area contributed by atoms with Crippen molar-refractivity contribution < 1.29 is 9.36 Å². The van der Waals surface area contributed by atoms with Crippen LogP contribution in [0.15, 0.2) is 67.0 Å². The van der Waals surface area contributed by atoms with Crippen molar-refractivity contribution in [1.82, 2.24) is 0 Å². The SMILES string of the molecule is CCc1ccc(NC(=O)[C@H](C)[n+]2ccc3ccccc3c2)cc1. The van der Waals surface area contributed by atoms with Crippen LogP contribution in [0.4, 0.5) is 5.69 Å². The molecule has 0 spiro atoms. The van der Waals surface area contributed by atoms with Crippen molar-refractivity contribution in [1.29, 1.82) is 0 Å². The molecule has 0 aliphatic heterocycles. The lowest BCUT2D eigenvalue weighted by Crippen LogP contribution is -2.44. The van der Waals surface area contributed by atoms with E-state index in [4.69, 9.17) is 0 Å². The highest BCUT2D eigenvalue weighted by Crippen LogP contribution is 2.13. The molecule has 0 fully saturated rings. The summed E-state index contributed by atoms with van der Waals surface area (Å²) < 4.78 is 1.94. The average Bonchev–Trinajstić information content (AvgIpc) is 2.61. The van der Waals surface area contributed by atoms with Gasteiger partial charge in [0.25, 0.3) is 5.91 Å². The van der Waals surface area contributed by atoms with Gasteiger partial charge in [-0.05, 0) is 35.6 Å². The normalized spacial score (nSPS) is 12.1. The second-order valence-electron chi connectivity index (χ2n) is 5.74. The number of amides is 1. The molecule has 3 rings (SSSR count). The molecule has 0 aliphatic rings. The third kappa shape index (κ3) is 3.39. The van der Waals surface area contributed by atoms with E-state index >= 15 is 0 Å². The highest BCUT2D eigenvalue weighted by atomic mass is 16.2. The van der Waals surface area contributed by atoms with Crippen molar-refractivity contribution in [3.63, 3.8) is 0 Å². The number of hydrogen-bond donors (Lipinski definition) is 1. The quantitative estimate of drug-likeness (QED) is 0.729.